The third-order valence-corrected chi connectivity index (χ3v) is 9.23. The maximum absolute atomic E-state index is 13.2. The Kier molecular flexibility index (Phi) is 9.46. The number of halogens is 1. The van der Waals surface area contributed by atoms with Crippen LogP contribution in [0.15, 0.2) is 84.9 Å². The van der Waals surface area contributed by atoms with Crippen LogP contribution in [0, 0.1) is 0 Å². The van der Waals surface area contributed by atoms with E-state index in [-0.39, 0.29) is 11.4 Å². The van der Waals surface area contributed by atoms with Crippen molar-refractivity contribution in [3.8, 4) is 0 Å². The number of urea groups is 1. The molecule has 0 unspecified atom stereocenters. The van der Waals surface area contributed by atoms with Gasteiger partial charge in [0, 0.05) is 43.2 Å². The fourth-order valence-corrected chi connectivity index (χ4v) is 6.62. The number of piperidine rings is 2. The third-order valence-electron chi connectivity index (χ3n) is 8.98. The molecule has 2 aliphatic rings. The first kappa shape index (κ1) is 28.7. The van der Waals surface area contributed by atoms with Crippen molar-refractivity contribution in [1.29, 1.82) is 0 Å². The standard InChI is InChI=1S/C34H42ClN3O2/c35-31-17-15-30(16-18-31)34(40)20-25-37(26-21-34)22-10-19-33(28-11-4-1-5-12-28,29-13-6-2-7-14-29)27-36-32(39)38-23-8-3-9-24-38/h1-2,4-7,11-18,40H,3,8-10,19-27H2,(H,36,39). The van der Waals surface area contributed by atoms with E-state index in [1.807, 2.05) is 29.2 Å². The molecule has 2 fully saturated rings. The Hall–Kier alpha value is -2.86. The molecule has 0 spiro atoms. The van der Waals surface area contributed by atoms with Gasteiger partial charge in [0.25, 0.3) is 0 Å². The molecule has 2 saturated heterocycles. The Morgan fingerprint density at radius 1 is 0.825 bits per heavy atom. The van der Waals surface area contributed by atoms with Crippen LogP contribution in [0.3, 0.4) is 0 Å². The Morgan fingerprint density at radius 3 is 1.98 bits per heavy atom. The lowest BCUT2D eigenvalue weighted by Gasteiger charge is -2.40. The van der Waals surface area contributed by atoms with Gasteiger partial charge in [0.05, 0.1) is 5.60 Å². The Balaban J connectivity index is 1.29. The van der Waals surface area contributed by atoms with Crippen molar-refractivity contribution < 1.29 is 9.90 Å². The molecule has 0 aromatic heterocycles. The van der Waals surface area contributed by atoms with Crippen LogP contribution in [0.4, 0.5) is 4.79 Å². The number of carbonyl (C=O) groups is 1. The van der Waals surface area contributed by atoms with E-state index >= 15 is 0 Å². The maximum Gasteiger partial charge on any atom is 0.317 e. The molecule has 2 heterocycles. The molecule has 2 N–H and O–H groups in total. The summed E-state index contributed by atoms with van der Waals surface area (Å²) >= 11 is 6.07. The monoisotopic (exact) mass is 559 g/mol. The summed E-state index contributed by atoms with van der Waals surface area (Å²) in [5.41, 5.74) is 2.30. The molecule has 3 aromatic carbocycles. The zero-order valence-electron chi connectivity index (χ0n) is 23.4. The van der Waals surface area contributed by atoms with Crippen molar-refractivity contribution in [3.05, 3.63) is 107 Å². The Bertz CT molecular complexity index is 1170. The summed E-state index contributed by atoms with van der Waals surface area (Å²) in [7, 11) is 0. The minimum Gasteiger partial charge on any atom is -0.385 e. The second kappa shape index (κ2) is 13.2. The van der Waals surface area contributed by atoms with Crippen LogP contribution in [0.5, 0.6) is 0 Å². The van der Waals surface area contributed by atoms with Gasteiger partial charge >= 0.3 is 6.03 Å². The minimum absolute atomic E-state index is 0.0495. The van der Waals surface area contributed by atoms with Crippen LogP contribution >= 0.6 is 11.6 Å². The van der Waals surface area contributed by atoms with E-state index in [1.165, 1.54) is 17.5 Å². The highest BCUT2D eigenvalue weighted by Crippen LogP contribution is 2.38. The molecular formula is C34H42ClN3O2. The van der Waals surface area contributed by atoms with Crippen molar-refractivity contribution in [2.45, 2.75) is 56.0 Å². The molecular weight excluding hydrogens is 518 g/mol. The van der Waals surface area contributed by atoms with E-state index in [2.05, 4.69) is 70.9 Å². The maximum atomic E-state index is 13.2. The molecule has 2 amide bonds. The third kappa shape index (κ3) is 6.71. The number of likely N-dealkylation sites (tertiary alicyclic amines) is 2. The smallest absolute Gasteiger partial charge is 0.317 e. The van der Waals surface area contributed by atoms with Gasteiger partial charge in [0.1, 0.15) is 0 Å². The topological polar surface area (TPSA) is 55.8 Å². The number of rotatable bonds is 9. The fraction of sp³-hybridized carbons (Fsp3) is 0.441. The molecule has 3 aromatic rings. The molecule has 0 aliphatic carbocycles. The highest BCUT2D eigenvalue weighted by atomic mass is 35.5. The van der Waals surface area contributed by atoms with E-state index in [9.17, 15) is 9.90 Å². The number of nitrogens with one attached hydrogen (secondary N) is 1. The SMILES string of the molecule is O=C(NCC(CCCN1CCC(O)(c2ccc(Cl)cc2)CC1)(c1ccccc1)c1ccccc1)N1CCCCC1. The zero-order valence-corrected chi connectivity index (χ0v) is 24.2. The van der Waals surface area contributed by atoms with Crippen molar-refractivity contribution in [3.63, 3.8) is 0 Å². The van der Waals surface area contributed by atoms with Gasteiger partial charge in [0.15, 0.2) is 0 Å². The number of hydrogen-bond donors (Lipinski definition) is 2. The predicted octanol–water partition coefficient (Wildman–Crippen LogP) is 6.59. The number of carbonyl (C=O) groups excluding carboxylic acids is 1. The summed E-state index contributed by atoms with van der Waals surface area (Å²) < 4.78 is 0. The number of benzene rings is 3. The highest BCUT2D eigenvalue weighted by Gasteiger charge is 2.37. The second-order valence-electron chi connectivity index (χ2n) is 11.5. The number of nitrogens with zero attached hydrogens (tertiary/aromatic N) is 2. The Labute approximate surface area is 244 Å². The quantitative estimate of drug-likeness (QED) is 0.311. The summed E-state index contributed by atoms with van der Waals surface area (Å²) in [4.78, 5) is 17.6. The lowest BCUT2D eigenvalue weighted by atomic mass is 9.71. The average molecular weight is 560 g/mol. The summed E-state index contributed by atoms with van der Waals surface area (Å²) in [6.45, 7) is 4.91. The van der Waals surface area contributed by atoms with Crippen molar-refractivity contribution >= 4 is 17.6 Å². The molecule has 5 rings (SSSR count). The highest BCUT2D eigenvalue weighted by molar-refractivity contribution is 6.30. The molecule has 0 bridgehead atoms. The van der Waals surface area contributed by atoms with E-state index in [0.717, 1.165) is 64.0 Å². The first-order chi connectivity index (χ1) is 19.5. The van der Waals surface area contributed by atoms with Gasteiger partial charge in [-0.3, -0.25) is 0 Å². The molecule has 212 valence electrons. The second-order valence-corrected chi connectivity index (χ2v) is 11.9. The molecule has 5 nitrogen and oxygen atoms in total. The van der Waals surface area contributed by atoms with Crippen molar-refractivity contribution in [1.82, 2.24) is 15.1 Å². The average Bonchev–Trinajstić information content (AvgIpc) is 3.01. The van der Waals surface area contributed by atoms with E-state index in [0.29, 0.717) is 24.4 Å². The van der Waals surface area contributed by atoms with Crippen LogP contribution < -0.4 is 5.32 Å². The van der Waals surface area contributed by atoms with Crippen LogP contribution in [0.25, 0.3) is 0 Å². The van der Waals surface area contributed by atoms with Gasteiger partial charge in [0.2, 0.25) is 0 Å². The van der Waals surface area contributed by atoms with Gasteiger partial charge in [-0.15, -0.1) is 0 Å². The van der Waals surface area contributed by atoms with Gasteiger partial charge in [-0.1, -0.05) is 84.4 Å². The van der Waals surface area contributed by atoms with E-state index in [4.69, 9.17) is 11.6 Å². The van der Waals surface area contributed by atoms with Crippen molar-refractivity contribution in [2.75, 3.05) is 39.3 Å². The fourth-order valence-electron chi connectivity index (χ4n) is 6.50. The van der Waals surface area contributed by atoms with E-state index in [1.54, 1.807) is 0 Å². The summed E-state index contributed by atoms with van der Waals surface area (Å²) in [6.07, 6.45) is 6.70. The largest absolute Gasteiger partial charge is 0.385 e. The molecule has 0 saturated carbocycles. The number of aliphatic hydroxyl groups is 1. The molecule has 0 atom stereocenters. The van der Waals surface area contributed by atoms with Gasteiger partial charge in [-0.2, -0.15) is 0 Å². The van der Waals surface area contributed by atoms with Gasteiger partial charge in [-0.25, -0.2) is 4.79 Å². The zero-order chi connectivity index (χ0) is 27.8. The first-order valence-corrected chi connectivity index (χ1v) is 15.2. The van der Waals surface area contributed by atoms with Crippen LogP contribution in [0.1, 0.15) is 61.6 Å². The van der Waals surface area contributed by atoms with Gasteiger partial charge < -0.3 is 20.2 Å². The lowest BCUT2D eigenvalue weighted by Crippen LogP contribution is -2.48. The minimum atomic E-state index is -0.794. The summed E-state index contributed by atoms with van der Waals surface area (Å²) in [6, 6.07) is 29.0. The van der Waals surface area contributed by atoms with E-state index < -0.39 is 5.60 Å². The normalized spacial score (nSPS) is 17.9. The van der Waals surface area contributed by atoms with Crippen LogP contribution in [-0.2, 0) is 11.0 Å². The predicted molar refractivity (Wildman–Crippen MR) is 163 cm³/mol. The number of hydrogen-bond acceptors (Lipinski definition) is 3. The van der Waals surface area contributed by atoms with Gasteiger partial charge in [-0.05, 0) is 80.3 Å². The van der Waals surface area contributed by atoms with Crippen molar-refractivity contribution in [2.24, 2.45) is 0 Å². The molecule has 40 heavy (non-hydrogen) atoms. The molecule has 0 radical (unpaired) electrons. The van der Waals surface area contributed by atoms with Crippen LogP contribution in [-0.4, -0.2) is 60.2 Å². The summed E-state index contributed by atoms with van der Waals surface area (Å²) in [5, 5.41) is 15.4. The van der Waals surface area contributed by atoms with Crippen LogP contribution in [0.2, 0.25) is 5.02 Å². The Morgan fingerprint density at radius 2 is 1.40 bits per heavy atom. The first-order valence-electron chi connectivity index (χ1n) is 14.8. The molecule has 6 heteroatoms. The number of amides is 2. The lowest BCUT2D eigenvalue weighted by molar-refractivity contribution is -0.0262. The molecule has 2 aliphatic heterocycles. The summed E-state index contributed by atoms with van der Waals surface area (Å²) in [5.74, 6) is 0.